The minimum Gasteiger partial charge on any atom is -0.383 e. The molecule has 0 amide bonds. The van der Waals surface area contributed by atoms with Crippen LogP contribution in [0.3, 0.4) is 0 Å². The van der Waals surface area contributed by atoms with Crippen LogP contribution in [0, 0.1) is 0 Å². The van der Waals surface area contributed by atoms with E-state index in [1.165, 1.54) is 18.4 Å². The molecular weight excluding hydrogens is 238 g/mol. The molecule has 0 radical (unpaired) electrons. The maximum Gasteiger partial charge on any atom is 0.130 e. The summed E-state index contributed by atoms with van der Waals surface area (Å²) in [7, 11) is 1.76. The number of piperidine rings is 1. The van der Waals surface area contributed by atoms with Gasteiger partial charge in [-0.15, -0.1) is 0 Å². The molecule has 0 bridgehead atoms. The fourth-order valence-corrected chi connectivity index (χ4v) is 2.57. The quantitative estimate of drug-likeness (QED) is 0.818. The third kappa shape index (κ3) is 3.98. The standard InChI is InChI=1S/C15H25N3O/c1-12(2)15-16-10-14(11-17-15)13-4-6-18(7-5-13)8-9-19-3/h10-13H,4-9H2,1-3H3. The molecule has 1 fully saturated rings. The Morgan fingerprint density at radius 2 is 1.89 bits per heavy atom. The second kappa shape index (κ2) is 6.96. The van der Waals surface area contributed by atoms with Crippen molar-refractivity contribution in [2.45, 2.75) is 38.5 Å². The molecule has 1 aliphatic rings. The maximum absolute atomic E-state index is 5.13. The van der Waals surface area contributed by atoms with E-state index in [9.17, 15) is 0 Å². The van der Waals surface area contributed by atoms with Crippen LogP contribution in [0.5, 0.6) is 0 Å². The first kappa shape index (κ1) is 14.4. The molecule has 19 heavy (non-hydrogen) atoms. The molecule has 4 nitrogen and oxygen atoms in total. The second-order valence-corrected chi connectivity index (χ2v) is 5.64. The van der Waals surface area contributed by atoms with Crippen molar-refractivity contribution in [3.8, 4) is 0 Å². The summed E-state index contributed by atoms with van der Waals surface area (Å²) in [5, 5.41) is 0. The lowest BCUT2D eigenvalue weighted by atomic mass is 9.91. The normalized spacial score (nSPS) is 18.1. The Bertz CT molecular complexity index is 369. The van der Waals surface area contributed by atoms with Gasteiger partial charge in [-0.05, 0) is 37.4 Å². The van der Waals surface area contributed by atoms with E-state index in [0.29, 0.717) is 11.8 Å². The molecule has 0 aliphatic carbocycles. The molecule has 1 aromatic rings. The molecular formula is C15H25N3O. The van der Waals surface area contributed by atoms with Crippen molar-refractivity contribution in [2.24, 2.45) is 0 Å². The Labute approximate surface area is 116 Å². The number of likely N-dealkylation sites (tertiary alicyclic amines) is 1. The first-order valence-corrected chi connectivity index (χ1v) is 7.24. The van der Waals surface area contributed by atoms with Crippen LogP contribution in [0.1, 0.15) is 49.9 Å². The van der Waals surface area contributed by atoms with Crippen LogP contribution in [0.4, 0.5) is 0 Å². The van der Waals surface area contributed by atoms with E-state index < -0.39 is 0 Å². The van der Waals surface area contributed by atoms with Crippen molar-refractivity contribution in [1.82, 2.24) is 14.9 Å². The highest BCUT2D eigenvalue weighted by molar-refractivity contribution is 5.13. The molecule has 0 N–H and O–H groups in total. The van der Waals surface area contributed by atoms with Gasteiger partial charge in [0.05, 0.1) is 6.61 Å². The maximum atomic E-state index is 5.13. The van der Waals surface area contributed by atoms with Gasteiger partial charge in [0, 0.05) is 32.0 Å². The highest BCUT2D eigenvalue weighted by Gasteiger charge is 2.20. The molecule has 1 aromatic heterocycles. The van der Waals surface area contributed by atoms with Crippen LogP contribution in [-0.2, 0) is 4.74 Å². The van der Waals surface area contributed by atoms with Gasteiger partial charge >= 0.3 is 0 Å². The topological polar surface area (TPSA) is 38.2 Å². The zero-order valence-electron chi connectivity index (χ0n) is 12.3. The third-order valence-corrected chi connectivity index (χ3v) is 3.88. The SMILES string of the molecule is COCCN1CCC(c2cnc(C(C)C)nc2)CC1. The number of hydrogen-bond acceptors (Lipinski definition) is 4. The monoisotopic (exact) mass is 263 g/mol. The van der Waals surface area contributed by atoms with Crippen molar-refractivity contribution >= 4 is 0 Å². The smallest absolute Gasteiger partial charge is 0.130 e. The summed E-state index contributed by atoms with van der Waals surface area (Å²) in [5.74, 6) is 1.98. The van der Waals surface area contributed by atoms with Gasteiger partial charge in [0.25, 0.3) is 0 Å². The van der Waals surface area contributed by atoms with Crippen molar-refractivity contribution in [2.75, 3.05) is 33.4 Å². The average Bonchev–Trinajstić information content (AvgIpc) is 2.46. The minimum absolute atomic E-state index is 0.407. The molecule has 0 saturated carbocycles. The molecule has 0 aromatic carbocycles. The van der Waals surface area contributed by atoms with Crippen LogP contribution >= 0.6 is 0 Å². The fourth-order valence-electron chi connectivity index (χ4n) is 2.57. The van der Waals surface area contributed by atoms with Crippen molar-refractivity contribution in [3.63, 3.8) is 0 Å². The Morgan fingerprint density at radius 1 is 1.26 bits per heavy atom. The van der Waals surface area contributed by atoms with Gasteiger partial charge in [-0.3, -0.25) is 0 Å². The summed E-state index contributed by atoms with van der Waals surface area (Å²) in [6, 6.07) is 0. The highest BCUT2D eigenvalue weighted by atomic mass is 16.5. The molecule has 0 atom stereocenters. The van der Waals surface area contributed by atoms with Crippen LogP contribution in [0.25, 0.3) is 0 Å². The van der Waals surface area contributed by atoms with Gasteiger partial charge in [-0.1, -0.05) is 13.8 Å². The predicted octanol–water partition coefficient (Wildman–Crippen LogP) is 2.43. The molecule has 106 valence electrons. The Hall–Kier alpha value is -1.00. The molecule has 0 spiro atoms. The van der Waals surface area contributed by atoms with E-state index in [-0.39, 0.29) is 0 Å². The molecule has 4 heteroatoms. The van der Waals surface area contributed by atoms with Gasteiger partial charge < -0.3 is 9.64 Å². The summed E-state index contributed by atoms with van der Waals surface area (Å²) >= 11 is 0. The summed E-state index contributed by atoms with van der Waals surface area (Å²) in [4.78, 5) is 11.4. The van der Waals surface area contributed by atoms with Gasteiger partial charge in [-0.2, -0.15) is 0 Å². The summed E-state index contributed by atoms with van der Waals surface area (Å²) in [6.45, 7) is 8.44. The summed E-state index contributed by atoms with van der Waals surface area (Å²) in [6.07, 6.45) is 6.46. The van der Waals surface area contributed by atoms with Gasteiger partial charge in [0.1, 0.15) is 5.82 Å². The number of ether oxygens (including phenoxy) is 1. The van der Waals surface area contributed by atoms with E-state index in [1.807, 2.05) is 12.4 Å². The first-order chi connectivity index (χ1) is 9.20. The zero-order chi connectivity index (χ0) is 13.7. The lowest BCUT2D eigenvalue weighted by Gasteiger charge is -2.31. The van der Waals surface area contributed by atoms with Crippen molar-refractivity contribution < 1.29 is 4.74 Å². The largest absolute Gasteiger partial charge is 0.383 e. The lowest BCUT2D eigenvalue weighted by molar-refractivity contribution is 0.130. The van der Waals surface area contributed by atoms with E-state index in [4.69, 9.17) is 4.74 Å². The van der Waals surface area contributed by atoms with Crippen LogP contribution in [-0.4, -0.2) is 48.2 Å². The van der Waals surface area contributed by atoms with Crippen molar-refractivity contribution in [1.29, 1.82) is 0 Å². The van der Waals surface area contributed by atoms with Gasteiger partial charge in [0.2, 0.25) is 0 Å². The number of hydrogen-bond donors (Lipinski definition) is 0. The van der Waals surface area contributed by atoms with Crippen LogP contribution in [0.2, 0.25) is 0 Å². The highest BCUT2D eigenvalue weighted by Crippen LogP contribution is 2.27. The Morgan fingerprint density at radius 3 is 2.42 bits per heavy atom. The number of nitrogens with zero attached hydrogens (tertiary/aromatic N) is 3. The van der Waals surface area contributed by atoms with Crippen LogP contribution in [0.15, 0.2) is 12.4 Å². The lowest BCUT2D eigenvalue weighted by Crippen LogP contribution is -2.35. The molecule has 0 unspecified atom stereocenters. The third-order valence-electron chi connectivity index (χ3n) is 3.88. The van der Waals surface area contributed by atoms with E-state index >= 15 is 0 Å². The van der Waals surface area contributed by atoms with Gasteiger partial charge in [0.15, 0.2) is 0 Å². The van der Waals surface area contributed by atoms with E-state index in [1.54, 1.807) is 7.11 Å². The fraction of sp³-hybridized carbons (Fsp3) is 0.733. The minimum atomic E-state index is 0.407. The second-order valence-electron chi connectivity index (χ2n) is 5.64. The number of aromatic nitrogens is 2. The molecule has 1 saturated heterocycles. The first-order valence-electron chi connectivity index (χ1n) is 7.24. The molecule has 2 rings (SSSR count). The van der Waals surface area contributed by atoms with E-state index in [2.05, 4.69) is 28.7 Å². The molecule has 2 heterocycles. The molecule has 1 aliphatic heterocycles. The summed E-state index contributed by atoms with van der Waals surface area (Å²) < 4.78 is 5.13. The average molecular weight is 263 g/mol. The number of rotatable bonds is 5. The van der Waals surface area contributed by atoms with Crippen LogP contribution < -0.4 is 0 Å². The van der Waals surface area contributed by atoms with Gasteiger partial charge in [-0.25, -0.2) is 9.97 Å². The predicted molar refractivity (Wildman–Crippen MR) is 76.4 cm³/mol. The van der Waals surface area contributed by atoms with Crippen molar-refractivity contribution in [3.05, 3.63) is 23.8 Å². The number of methoxy groups -OCH3 is 1. The Kier molecular flexibility index (Phi) is 5.28. The summed E-state index contributed by atoms with van der Waals surface area (Å²) in [5.41, 5.74) is 1.30. The zero-order valence-corrected chi connectivity index (χ0v) is 12.3. The van der Waals surface area contributed by atoms with E-state index in [0.717, 1.165) is 32.1 Å². The Balaban J connectivity index is 1.87.